The number of benzene rings is 2. The zero-order valence-corrected chi connectivity index (χ0v) is 13.4. The van der Waals surface area contributed by atoms with E-state index >= 15 is 0 Å². The third kappa shape index (κ3) is 2.53. The van der Waals surface area contributed by atoms with E-state index in [1.54, 1.807) is 18.3 Å². The van der Waals surface area contributed by atoms with E-state index in [2.05, 4.69) is 10.3 Å². The van der Waals surface area contributed by atoms with Crippen LogP contribution < -0.4 is 16.6 Å². The molecule has 0 saturated carbocycles. The normalized spacial score (nSPS) is 11.2. The van der Waals surface area contributed by atoms with Gasteiger partial charge in [0.25, 0.3) is 11.5 Å². The van der Waals surface area contributed by atoms with E-state index in [1.807, 2.05) is 36.4 Å². The number of carbonyl (C=O) groups excluding carboxylic acids is 1. The lowest BCUT2D eigenvalue weighted by Gasteiger charge is -2.09. The first-order valence-corrected chi connectivity index (χ1v) is 8.01. The van der Waals surface area contributed by atoms with Crippen molar-refractivity contribution in [3.8, 4) is 0 Å². The molecule has 6 nitrogen and oxygen atoms in total. The van der Waals surface area contributed by atoms with E-state index in [0.717, 1.165) is 10.8 Å². The largest absolute Gasteiger partial charge is 0.351 e. The van der Waals surface area contributed by atoms with Crippen molar-refractivity contribution < 1.29 is 4.79 Å². The summed E-state index contributed by atoms with van der Waals surface area (Å²) in [6.45, 7) is 0.709. The minimum absolute atomic E-state index is 0.195. The number of hydrogen-bond acceptors (Lipinski definition) is 4. The summed E-state index contributed by atoms with van der Waals surface area (Å²) in [5, 5.41) is 5.22. The molecule has 2 heterocycles. The molecule has 0 unspecified atom stereocenters. The van der Waals surface area contributed by atoms with Crippen LogP contribution in [0, 0.1) is 0 Å². The molecule has 0 spiro atoms. The van der Waals surface area contributed by atoms with Crippen LogP contribution >= 0.6 is 0 Å². The topological polar surface area (TPSA) is 89.5 Å². The standard InChI is InChI=1S/C19H16N4O2/c20-7-8-21-18(24)14-6-3-9-23-17(14)22-16-11-13-5-2-1-4-12(13)10-15(16)19(23)25/h1-6,9-11H,7-8,20H2,(H,21,24). The number of carbonyl (C=O) groups is 1. The molecule has 0 radical (unpaired) electrons. The molecular weight excluding hydrogens is 316 g/mol. The van der Waals surface area contributed by atoms with Gasteiger partial charge in [-0.3, -0.25) is 14.0 Å². The molecule has 6 heteroatoms. The number of fused-ring (bicyclic) bond motifs is 3. The minimum Gasteiger partial charge on any atom is -0.351 e. The Morgan fingerprint density at radius 1 is 1.12 bits per heavy atom. The van der Waals surface area contributed by atoms with Crippen molar-refractivity contribution in [1.82, 2.24) is 14.7 Å². The molecule has 3 N–H and O–H groups in total. The molecule has 0 fully saturated rings. The van der Waals surface area contributed by atoms with Crippen molar-refractivity contribution in [3.05, 3.63) is 70.6 Å². The van der Waals surface area contributed by atoms with Gasteiger partial charge in [0.1, 0.15) is 0 Å². The van der Waals surface area contributed by atoms with Gasteiger partial charge in [-0.25, -0.2) is 4.98 Å². The van der Waals surface area contributed by atoms with Gasteiger partial charge in [0, 0.05) is 19.3 Å². The van der Waals surface area contributed by atoms with Gasteiger partial charge in [0.2, 0.25) is 0 Å². The van der Waals surface area contributed by atoms with Gasteiger partial charge in [0.05, 0.1) is 16.5 Å². The molecule has 0 aliphatic rings. The van der Waals surface area contributed by atoms with Crippen LogP contribution in [0.4, 0.5) is 0 Å². The Bertz CT molecular complexity index is 1180. The van der Waals surface area contributed by atoms with Crippen molar-refractivity contribution in [2.75, 3.05) is 13.1 Å². The van der Waals surface area contributed by atoms with Crippen molar-refractivity contribution in [1.29, 1.82) is 0 Å². The number of aromatic nitrogens is 2. The first-order valence-electron chi connectivity index (χ1n) is 8.01. The number of nitrogens with zero attached hydrogens (tertiary/aromatic N) is 2. The van der Waals surface area contributed by atoms with Crippen molar-refractivity contribution in [3.63, 3.8) is 0 Å². The summed E-state index contributed by atoms with van der Waals surface area (Å²) >= 11 is 0. The summed E-state index contributed by atoms with van der Waals surface area (Å²) in [5.74, 6) is -0.296. The van der Waals surface area contributed by atoms with Crippen LogP contribution in [0.5, 0.6) is 0 Å². The Labute approximate surface area is 142 Å². The second-order valence-electron chi connectivity index (χ2n) is 5.79. The Balaban J connectivity index is 2.03. The maximum absolute atomic E-state index is 12.9. The van der Waals surface area contributed by atoms with Gasteiger partial charge in [-0.2, -0.15) is 0 Å². The molecule has 25 heavy (non-hydrogen) atoms. The molecule has 2 aromatic carbocycles. The van der Waals surface area contributed by atoms with Gasteiger partial charge in [-0.15, -0.1) is 0 Å². The smallest absolute Gasteiger partial charge is 0.265 e. The van der Waals surface area contributed by atoms with Crippen LogP contribution in [0.15, 0.2) is 59.5 Å². The molecule has 4 rings (SSSR count). The summed E-state index contributed by atoms with van der Waals surface area (Å²) in [5.41, 5.74) is 6.50. The van der Waals surface area contributed by atoms with Crippen LogP contribution in [-0.2, 0) is 0 Å². The summed E-state index contributed by atoms with van der Waals surface area (Å²) in [6, 6.07) is 14.8. The van der Waals surface area contributed by atoms with Crippen LogP contribution in [-0.4, -0.2) is 28.4 Å². The number of hydrogen-bond donors (Lipinski definition) is 2. The summed E-state index contributed by atoms with van der Waals surface area (Å²) in [7, 11) is 0. The Hall–Kier alpha value is -3.25. The number of nitrogens with two attached hydrogens (primary N) is 1. The fourth-order valence-corrected chi connectivity index (χ4v) is 2.97. The maximum Gasteiger partial charge on any atom is 0.265 e. The fourth-order valence-electron chi connectivity index (χ4n) is 2.97. The molecule has 0 aliphatic heterocycles. The van der Waals surface area contributed by atoms with E-state index in [0.29, 0.717) is 35.2 Å². The number of pyridine rings is 1. The second-order valence-corrected chi connectivity index (χ2v) is 5.79. The average molecular weight is 332 g/mol. The van der Waals surface area contributed by atoms with E-state index in [9.17, 15) is 9.59 Å². The summed E-state index contributed by atoms with van der Waals surface area (Å²) in [4.78, 5) is 29.8. The highest BCUT2D eigenvalue weighted by Crippen LogP contribution is 2.20. The summed E-state index contributed by atoms with van der Waals surface area (Å²) in [6.07, 6.45) is 1.62. The highest BCUT2D eigenvalue weighted by molar-refractivity contribution is 6.02. The number of amides is 1. The molecule has 124 valence electrons. The highest BCUT2D eigenvalue weighted by Gasteiger charge is 2.14. The van der Waals surface area contributed by atoms with E-state index in [-0.39, 0.29) is 11.5 Å². The first-order chi connectivity index (χ1) is 12.2. The lowest BCUT2D eigenvalue weighted by molar-refractivity contribution is 0.0956. The van der Waals surface area contributed by atoms with Crippen LogP contribution in [0.1, 0.15) is 10.4 Å². The van der Waals surface area contributed by atoms with Crippen LogP contribution in [0.25, 0.3) is 27.3 Å². The van der Waals surface area contributed by atoms with Gasteiger partial charge >= 0.3 is 0 Å². The lowest BCUT2D eigenvalue weighted by Crippen LogP contribution is -2.30. The maximum atomic E-state index is 12.9. The molecule has 2 aromatic heterocycles. The predicted octanol–water partition coefficient (Wildman–Crippen LogP) is 1.69. The molecule has 0 bridgehead atoms. The SMILES string of the molecule is NCCNC(=O)c1cccn2c(=O)c3cc4ccccc4cc3nc12. The Kier molecular flexibility index (Phi) is 3.66. The second kappa shape index (κ2) is 5.99. The van der Waals surface area contributed by atoms with Crippen LogP contribution in [0.2, 0.25) is 0 Å². The van der Waals surface area contributed by atoms with E-state index < -0.39 is 0 Å². The highest BCUT2D eigenvalue weighted by atomic mass is 16.1. The molecule has 4 aromatic rings. The molecular formula is C19H16N4O2. The number of rotatable bonds is 3. The molecule has 1 amide bonds. The van der Waals surface area contributed by atoms with Crippen molar-refractivity contribution in [2.45, 2.75) is 0 Å². The molecule has 0 atom stereocenters. The monoisotopic (exact) mass is 332 g/mol. The van der Waals surface area contributed by atoms with Gasteiger partial charge in [-0.1, -0.05) is 24.3 Å². The van der Waals surface area contributed by atoms with Crippen molar-refractivity contribution >= 4 is 33.2 Å². The predicted molar refractivity (Wildman–Crippen MR) is 97.9 cm³/mol. The third-order valence-corrected chi connectivity index (χ3v) is 4.18. The zero-order chi connectivity index (χ0) is 17.4. The molecule has 0 aliphatic carbocycles. The Morgan fingerprint density at radius 2 is 1.88 bits per heavy atom. The average Bonchev–Trinajstić information content (AvgIpc) is 2.64. The molecule has 0 saturated heterocycles. The van der Waals surface area contributed by atoms with Gasteiger partial charge in [0.15, 0.2) is 5.65 Å². The minimum atomic E-state index is -0.296. The van der Waals surface area contributed by atoms with Crippen molar-refractivity contribution in [2.24, 2.45) is 5.73 Å². The van der Waals surface area contributed by atoms with Gasteiger partial charge < -0.3 is 11.1 Å². The fraction of sp³-hybridized carbons (Fsp3) is 0.105. The summed E-state index contributed by atoms with van der Waals surface area (Å²) < 4.78 is 1.41. The van der Waals surface area contributed by atoms with Crippen LogP contribution in [0.3, 0.4) is 0 Å². The Morgan fingerprint density at radius 3 is 2.64 bits per heavy atom. The third-order valence-electron chi connectivity index (χ3n) is 4.18. The first kappa shape index (κ1) is 15.3. The van der Waals surface area contributed by atoms with Gasteiger partial charge in [-0.05, 0) is 35.0 Å². The number of nitrogens with one attached hydrogen (secondary N) is 1. The zero-order valence-electron chi connectivity index (χ0n) is 13.4. The lowest BCUT2D eigenvalue weighted by atomic mass is 10.1. The van der Waals surface area contributed by atoms with E-state index in [1.165, 1.54) is 4.40 Å². The van der Waals surface area contributed by atoms with E-state index in [4.69, 9.17) is 5.73 Å². The quantitative estimate of drug-likeness (QED) is 0.559.